The minimum atomic E-state index is -0.802. The average molecular weight is 264 g/mol. The summed E-state index contributed by atoms with van der Waals surface area (Å²) in [5, 5.41) is 10.4. The summed E-state index contributed by atoms with van der Waals surface area (Å²) in [6.45, 7) is 0.815. The molecule has 0 spiro atoms. The van der Waals surface area contributed by atoms with Crippen molar-refractivity contribution in [1.29, 1.82) is 0 Å². The number of rotatable bonds is 3. The van der Waals surface area contributed by atoms with E-state index in [0.29, 0.717) is 35.2 Å². The molecule has 2 aliphatic heterocycles. The number of methoxy groups -OCH3 is 1. The topological polar surface area (TPSA) is 57.2 Å². The number of benzene rings is 1. The van der Waals surface area contributed by atoms with Gasteiger partial charge in [-0.2, -0.15) is 0 Å². The Morgan fingerprint density at radius 2 is 2.16 bits per heavy atom. The Morgan fingerprint density at radius 1 is 1.26 bits per heavy atom. The second kappa shape index (κ2) is 5.01. The van der Waals surface area contributed by atoms with Gasteiger partial charge in [0.1, 0.15) is 11.9 Å². The van der Waals surface area contributed by atoms with Crippen LogP contribution in [0.3, 0.4) is 0 Å². The fraction of sp³-hybridized carbons (Fsp3) is 0.429. The van der Waals surface area contributed by atoms with Crippen LogP contribution in [-0.2, 0) is 4.74 Å². The maximum atomic E-state index is 10.4. The van der Waals surface area contributed by atoms with Crippen molar-refractivity contribution < 1.29 is 24.1 Å². The molecule has 0 bridgehead atoms. The van der Waals surface area contributed by atoms with Crippen LogP contribution in [0.25, 0.3) is 0 Å². The van der Waals surface area contributed by atoms with E-state index in [9.17, 15) is 5.11 Å². The first-order valence-corrected chi connectivity index (χ1v) is 6.28. The Morgan fingerprint density at radius 3 is 2.89 bits per heavy atom. The quantitative estimate of drug-likeness (QED) is 0.906. The smallest absolute Gasteiger partial charge is 0.231 e. The van der Waals surface area contributed by atoms with Gasteiger partial charge in [-0.3, -0.25) is 0 Å². The van der Waals surface area contributed by atoms with E-state index in [-0.39, 0.29) is 6.79 Å². The third-order valence-electron chi connectivity index (χ3n) is 3.23. The number of hydrogen-bond acceptors (Lipinski definition) is 5. The molecule has 1 aromatic rings. The molecular weight excluding hydrogens is 248 g/mol. The van der Waals surface area contributed by atoms with E-state index in [4.69, 9.17) is 18.9 Å². The molecule has 102 valence electrons. The maximum Gasteiger partial charge on any atom is 0.231 e. The van der Waals surface area contributed by atoms with Gasteiger partial charge in [-0.1, -0.05) is 0 Å². The van der Waals surface area contributed by atoms with Crippen LogP contribution < -0.4 is 14.2 Å². The van der Waals surface area contributed by atoms with Gasteiger partial charge in [0.25, 0.3) is 0 Å². The second-order valence-corrected chi connectivity index (χ2v) is 4.46. The molecule has 0 aliphatic carbocycles. The predicted octanol–water partition coefficient (Wildman–Crippen LogP) is 2.15. The minimum absolute atomic E-state index is 0.171. The van der Waals surface area contributed by atoms with Crippen molar-refractivity contribution in [2.45, 2.75) is 18.9 Å². The third-order valence-corrected chi connectivity index (χ3v) is 3.23. The molecule has 1 aromatic carbocycles. The molecule has 2 aliphatic rings. The van der Waals surface area contributed by atoms with Gasteiger partial charge in [-0.15, -0.1) is 0 Å². The van der Waals surface area contributed by atoms with Gasteiger partial charge in [-0.05, 0) is 36.6 Å². The highest BCUT2D eigenvalue weighted by molar-refractivity contribution is 5.56. The van der Waals surface area contributed by atoms with Gasteiger partial charge >= 0.3 is 0 Å². The summed E-state index contributed by atoms with van der Waals surface area (Å²) < 4.78 is 21.4. The fourth-order valence-electron chi connectivity index (χ4n) is 2.24. The minimum Gasteiger partial charge on any atom is -0.495 e. The average Bonchev–Trinajstić information content (AvgIpc) is 2.94. The lowest BCUT2D eigenvalue weighted by molar-refractivity contribution is 0.0915. The van der Waals surface area contributed by atoms with Crippen LogP contribution in [0, 0.1) is 0 Å². The highest BCUT2D eigenvalue weighted by Gasteiger charge is 2.25. The predicted molar refractivity (Wildman–Crippen MR) is 67.3 cm³/mol. The standard InChI is InChI=1S/C14H16O5/c1-16-11-6-9(7-12-14(11)19-8-18-12)13(15)10-4-2-3-5-17-10/h4,6-7,13,15H,2-3,5,8H2,1H3. The van der Waals surface area contributed by atoms with Crippen LogP contribution in [0.5, 0.6) is 17.2 Å². The molecule has 0 aromatic heterocycles. The van der Waals surface area contributed by atoms with Gasteiger partial charge in [0.15, 0.2) is 11.5 Å². The number of ether oxygens (including phenoxy) is 4. The molecule has 19 heavy (non-hydrogen) atoms. The van der Waals surface area contributed by atoms with Crippen molar-refractivity contribution in [3.63, 3.8) is 0 Å². The summed E-state index contributed by atoms with van der Waals surface area (Å²) in [6, 6.07) is 3.51. The molecule has 0 radical (unpaired) electrons. The molecule has 1 atom stereocenters. The maximum absolute atomic E-state index is 10.4. The molecule has 0 saturated heterocycles. The number of allylic oxidation sites excluding steroid dienone is 1. The van der Waals surface area contributed by atoms with E-state index in [0.717, 1.165) is 12.8 Å². The first-order chi connectivity index (χ1) is 9.29. The van der Waals surface area contributed by atoms with Crippen molar-refractivity contribution in [2.75, 3.05) is 20.5 Å². The largest absolute Gasteiger partial charge is 0.495 e. The third kappa shape index (κ3) is 2.21. The summed E-state index contributed by atoms with van der Waals surface area (Å²) >= 11 is 0. The lowest BCUT2D eigenvalue weighted by Crippen LogP contribution is -2.10. The number of fused-ring (bicyclic) bond motifs is 1. The van der Waals surface area contributed by atoms with E-state index in [1.54, 1.807) is 19.2 Å². The van der Waals surface area contributed by atoms with Crippen LogP contribution in [0.15, 0.2) is 24.0 Å². The fourth-order valence-corrected chi connectivity index (χ4v) is 2.24. The van der Waals surface area contributed by atoms with Gasteiger partial charge in [0.2, 0.25) is 12.5 Å². The highest BCUT2D eigenvalue weighted by Crippen LogP contribution is 2.44. The molecule has 1 unspecified atom stereocenters. The second-order valence-electron chi connectivity index (χ2n) is 4.46. The zero-order valence-electron chi connectivity index (χ0n) is 10.7. The van der Waals surface area contributed by atoms with Crippen molar-refractivity contribution in [3.05, 3.63) is 29.5 Å². The number of aliphatic hydroxyl groups excluding tert-OH is 1. The Hall–Kier alpha value is -1.88. The Balaban J connectivity index is 1.94. The van der Waals surface area contributed by atoms with Gasteiger partial charge in [-0.25, -0.2) is 0 Å². The summed E-state index contributed by atoms with van der Waals surface area (Å²) in [4.78, 5) is 0. The summed E-state index contributed by atoms with van der Waals surface area (Å²) in [6.07, 6.45) is 3.03. The highest BCUT2D eigenvalue weighted by atomic mass is 16.7. The van der Waals surface area contributed by atoms with Gasteiger partial charge < -0.3 is 24.1 Å². The van der Waals surface area contributed by atoms with E-state index >= 15 is 0 Å². The van der Waals surface area contributed by atoms with Crippen LogP contribution in [-0.4, -0.2) is 25.6 Å². The first kappa shape index (κ1) is 12.2. The lowest BCUT2D eigenvalue weighted by Gasteiger charge is -2.20. The summed E-state index contributed by atoms with van der Waals surface area (Å²) in [7, 11) is 1.56. The van der Waals surface area contributed by atoms with E-state index < -0.39 is 6.10 Å². The number of hydrogen-bond donors (Lipinski definition) is 1. The molecule has 0 fully saturated rings. The molecule has 3 rings (SSSR count). The number of aliphatic hydroxyl groups is 1. The van der Waals surface area contributed by atoms with Crippen LogP contribution >= 0.6 is 0 Å². The zero-order valence-corrected chi connectivity index (χ0v) is 10.7. The Bertz CT molecular complexity index is 509. The van der Waals surface area contributed by atoms with E-state index in [2.05, 4.69) is 0 Å². The Kier molecular flexibility index (Phi) is 3.21. The van der Waals surface area contributed by atoms with E-state index in [1.165, 1.54) is 0 Å². The van der Waals surface area contributed by atoms with E-state index in [1.807, 2.05) is 6.08 Å². The first-order valence-electron chi connectivity index (χ1n) is 6.28. The molecular formula is C14H16O5. The van der Waals surface area contributed by atoms with Gasteiger partial charge in [0, 0.05) is 0 Å². The normalized spacial score (nSPS) is 18.5. The van der Waals surface area contributed by atoms with Crippen molar-refractivity contribution in [2.24, 2.45) is 0 Å². The molecule has 0 amide bonds. The van der Waals surface area contributed by atoms with Crippen molar-refractivity contribution in [3.8, 4) is 17.2 Å². The molecule has 0 saturated carbocycles. The van der Waals surface area contributed by atoms with Gasteiger partial charge in [0.05, 0.1) is 13.7 Å². The summed E-state index contributed by atoms with van der Waals surface area (Å²) in [5.74, 6) is 2.31. The SMILES string of the molecule is COc1cc(C(O)C2=CCCCO2)cc2c1OCO2. The molecule has 2 heterocycles. The molecule has 5 nitrogen and oxygen atoms in total. The van der Waals surface area contributed by atoms with Crippen molar-refractivity contribution >= 4 is 0 Å². The van der Waals surface area contributed by atoms with Crippen LogP contribution in [0.4, 0.5) is 0 Å². The monoisotopic (exact) mass is 264 g/mol. The van der Waals surface area contributed by atoms with Crippen LogP contribution in [0.1, 0.15) is 24.5 Å². The Labute approximate surface area is 111 Å². The lowest BCUT2D eigenvalue weighted by atomic mass is 10.0. The van der Waals surface area contributed by atoms with Crippen molar-refractivity contribution in [1.82, 2.24) is 0 Å². The zero-order chi connectivity index (χ0) is 13.2. The molecule has 1 N–H and O–H groups in total. The summed E-state index contributed by atoms with van der Waals surface area (Å²) in [5.41, 5.74) is 0.675. The molecule has 5 heteroatoms. The van der Waals surface area contributed by atoms with Crippen LogP contribution in [0.2, 0.25) is 0 Å².